The first-order valence-corrected chi connectivity index (χ1v) is 9.12. The number of carboxylic acid groups (broad SMARTS) is 1. The number of hydrogen-bond donors (Lipinski definition) is 1. The standard InChI is InChI=1S/C23H17FN4O2/c24-18-12-10-16(11-13-18)22-17(15-28(27-22)19-6-2-1-3-7-19)14-25-26-21-9-5-4-8-20(21)23(29)30/h1-15,26H,(H,29,30)/p-1/b25-14-. The van der Waals surface area contributed by atoms with Gasteiger partial charge in [0.05, 0.1) is 23.6 Å². The molecule has 0 fully saturated rings. The number of hydrazone groups is 1. The Hall–Kier alpha value is -4.26. The smallest absolute Gasteiger partial charge is 0.123 e. The van der Waals surface area contributed by atoms with E-state index in [1.54, 1.807) is 41.2 Å². The number of para-hydroxylation sites is 2. The third-order valence-electron chi connectivity index (χ3n) is 4.42. The number of nitrogens with zero attached hydrogens (tertiary/aromatic N) is 3. The van der Waals surface area contributed by atoms with E-state index >= 15 is 0 Å². The van der Waals surface area contributed by atoms with Crippen LogP contribution in [0.5, 0.6) is 0 Å². The van der Waals surface area contributed by atoms with Crippen LogP contribution in [-0.4, -0.2) is 22.0 Å². The molecule has 4 rings (SSSR count). The summed E-state index contributed by atoms with van der Waals surface area (Å²) in [4.78, 5) is 11.2. The van der Waals surface area contributed by atoms with Gasteiger partial charge in [-0.3, -0.25) is 5.43 Å². The SMILES string of the molecule is O=C([O-])c1ccccc1N/N=C\c1cn(-c2ccccc2)nc1-c1ccc(F)cc1. The summed E-state index contributed by atoms with van der Waals surface area (Å²) < 4.78 is 15.1. The summed E-state index contributed by atoms with van der Waals surface area (Å²) in [5.74, 6) is -1.63. The van der Waals surface area contributed by atoms with E-state index in [9.17, 15) is 14.3 Å². The molecule has 0 saturated carbocycles. The molecule has 0 radical (unpaired) electrons. The Labute approximate surface area is 171 Å². The Morgan fingerprint density at radius 1 is 1.00 bits per heavy atom. The van der Waals surface area contributed by atoms with E-state index in [4.69, 9.17) is 0 Å². The Bertz CT molecular complexity index is 1200. The molecular weight excluding hydrogens is 383 g/mol. The van der Waals surface area contributed by atoms with Crippen molar-refractivity contribution in [2.75, 3.05) is 5.43 Å². The maximum absolute atomic E-state index is 13.4. The lowest BCUT2D eigenvalue weighted by molar-refractivity contribution is -0.254. The molecule has 0 bridgehead atoms. The fourth-order valence-corrected chi connectivity index (χ4v) is 2.96. The second-order valence-electron chi connectivity index (χ2n) is 6.42. The highest BCUT2D eigenvalue weighted by Crippen LogP contribution is 2.23. The fraction of sp³-hybridized carbons (Fsp3) is 0. The number of carboxylic acids is 1. The van der Waals surface area contributed by atoms with Gasteiger partial charge in [-0.2, -0.15) is 10.2 Å². The molecule has 4 aromatic rings. The first-order valence-electron chi connectivity index (χ1n) is 9.12. The third kappa shape index (κ3) is 4.10. The van der Waals surface area contributed by atoms with E-state index in [0.717, 1.165) is 11.3 Å². The maximum Gasteiger partial charge on any atom is 0.123 e. The van der Waals surface area contributed by atoms with Crippen LogP contribution in [0.1, 0.15) is 15.9 Å². The molecule has 1 aromatic heterocycles. The van der Waals surface area contributed by atoms with Crippen molar-refractivity contribution >= 4 is 17.9 Å². The molecule has 0 saturated heterocycles. The van der Waals surface area contributed by atoms with Gasteiger partial charge in [0.1, 0.15) is 11.5 Å². The molecule has 7 heteroatoms. The lowest BCUT2D eigenvalue weighted by atomic mass is 10.1. The minimum absolute atomic E-state index is 0.00777. The van der Waals surface area contributed by atoms with Gasteiger partial charge < -0.3 is 9.90 Å². The van der Waals surface area contributed by atoms with Gasteiger partial charge in [0, 0.05) is 22.9 Å². The van der Waals surface area contributed by atoms with Crippen molar-refractivity contribution in [3.8, 4) is 16.9 Å². The molecule has 0 spiro atoms. The number of carbonyl (C=O) groups excluding carboxylic acids is 1. The van der Waals surface area contributed by atoms with Crippen LogP contribution in [0, 0.1) is 5.82 Å². The minimum Gasteiger partial charge on any atom is -0.545 e. The predicted octanol–water partition coefficient (Wildman–Crippen LogP) is 3.49. The van der Waals surface area contributed by atoms with E-state index in [-0.39, 0.29) is 11.4 Å². The minimum atomic E-state index is -1.29. The number of hydrogen-bond acceptors (Lipinski definition) is 5. The zero-order chi connectivity index (χ0) is 20.9. The molecule has 0 unspecified atom stereocenters. The number of aromatic carboxylic acids is 1. The molecule has 0 amide bonds. The molecule has 148 valence electrons. The normalized spacial score (nSPS) is 11.0. The number of nitrogens with one attached hydrogen (secondary N) is 1. The second kappa shape index (κ2) is 8.40. The number of anilines is 1. The van der Waals surface area contributed by atoms with Crippen LogP contribution in [0.2, 0.25) is 0 Å². The molecule has 1 N–H and O–H groups in total. The molecule has 0 aliphatic rings. The van der Waals surface area contributed by atoms with Crippen LogP contribution in [0.25, 0.3) is 16.9 Å². The van der Waals surface area contributed by atoms with Crippen molar-refractivity contribution < 1.29 is 14.3 Å². The van der Waals surface area contributed by atoms with Gasteiger partial charge in [-0.05, 0) is 42.5 Å². The van der Waals surface area contributed by atoms with Crippen molar-refractivity contribution in [3.05, 3.63) is 102 Å². The van der Waals surface area contributed by atoms with Crippen LogP contribution in [-0.2, 0) is 0 Å². The summed E-state index contributed by atoms with van der Waals surface area (Å²) in [6, 6.07) is 21.9. The monoisotopic (exact) mass is 399 g/mol. The van der Waals surface area contributed by atoms with Crippen LogP contribution < -0.4 is 10.5 Å². The first-order chi connectivity index (χ1) is 14.6. The molecule has 0 aliphatic carbocycles. The Morgan fingerprint density at radius 3 is 2.43 bits per heavy atom. The van der Waals surface area contributed by atoms with Crippen molar-refractivity contribution in [2.24, 2.45) is 5.10 Å². The average Bonchev–Trinajstić information content (AvgIpc) is 3.19. The molecule has 1 heterocycles. The summed E-state index contributed by atoms with van der Waals surface area (Å²) in [5.41, 5.74) is 5.91. The van der Waals surface area contributed by atoms with Crippen LogP contribution in [0.4, 0.5) is 10.1 Å². The maximum atomic E-state index is 13.4. The van der Waals surface area contributed by atoms with E-state index in [0.29, 0.717) is 16.9 Å². The Morgan fingerprint density at radius 2 is 1.70 bits per heavy atom. The Kier molecular flexibility index (Phi) is 5.34. The van der Waals surface area contributed by atoms with Gasteiger partial charge >= 0.3 is 0 Å². The molecule has 0 atom stereocenters. The van der Waals surface area contributed by atoms with E-state index in [1.165, 1.54) is 24.4 Å². The van der Waals surface area contributed by atoms with E-state index in [2.05, 4.69) is 15.6 Å². The molecule has 30 heavy (non-hydrogen) atoms. The van der Waals surface area contributed by atoms with Gasteiger partial charge in [-0.25, -0.2) is 9.07 Å². The van der Waals surface area contributed by atoms with Crippen molar-refractivity contribution in [3.63, 3.8) is 0 Å². The van der Waals surface area contributed by atoms with Gasteiger partial charge in [0.15, 0.2) is 0 Å². The van der Waals surface area contributed by atoms with Crippen molar-refractivity contribution in [1.82, 2.24) is 9.78 Å². The van der Waals surface area contributed by atoms with Gasteiger partial charge in [0.2, 0.25) is 0 Å². The van der Waals surface area contributed by atoms with Crippen molar-refractivity contribution in [2.45, 2.75) is 0 Å². The first kappa shape index (κ1) is 19.1. The fourth-order valence-electron chi connectivity index (χ4n) is 2.96. The highest BCUT2D eigenvalue weighted by molar-refractivity contribution is 5.93. The summed E-state index contributed by atoms with van der Waals surface area (Å²) in [6.07, 6.45) is 3.33. The summed E-state index contributed by atoms with van der Waals surface area (Å²) in [5, 5.41) is 20.0. The third-order valence-corrected chi connectivity index (χ3v) is 4.42. The van der Waals surface area contributed by atoms with Crippen LogP contribution in [0.15, 0.2) is 90.2 Å². The zero-order valence-electron chi connectivity index (χ0n) is 15.7. The molecule has 6 nitrogen and oxygen atoms in total. The number of carbonyl (C=O) groups is 1. The van der Waals surface area contributed by atoms with Gasteiger partial charge in [-0.15, -0.1) is 0 Å². The van der Waals surface area contributed by atoms with Gasteiger partial charge in [0.25, 0.3) is 0 Å². The summed E-state index contributed by atoms with van der Waals surface area (Å²) in [6.45, 7) is 0. The Balaban J connectivity index is 1.69. The average molecular weight is 399 g/mol. The number of rotatable bonds is 6. The van der Waals surface area contributed by atoms with Gasteiger partial charge in [-0.1, -0.05) is 36.4 Å². The number of halogens is 1. The largest absolute Gasteiger partial charge is 0.545 e. The topological polar surface area (TPSA) is 82.3 Å². The second-order valence-corrected chi connectivity index (χ2v) is 6.42. The zero-order valence-corrected chi connectivity index (χ0v) is 15.7. The lowest BCUT2D eigenvalue weighted by Gasteiger charge is -2.08. The quantitative estimate of drug-likeness (QED) is 0.397. The number of benzene rings is 3. The van der Waals surface area contributed by atoms with Crippen LogP contribution in [0.3, 0.4) is 0 Å². The number of aromatic nitrogens is 2. The summed E-state index contributed by atoms with van der Waals surface area (Å²) >= 11 is 0. The molecule has 0 aliphatic heterocycles. The molecular formula is C23H16FN4O2-. The molecule has 3 aromatic carbocycles. The lowest BCUT2D eigenvalue weighted by Crippen LogP contribution is -2.23. The highest BCUT2D eigenvalue weighted by atomic mass is 19.1. The van der Waals surface area contributed by atoms with Crippen molar-refractivity contribution in [1.29, 1.82) is 0 Å². The highest BCUT2D eigenvalue weighted by Gasteiger charge is 2.11. The van der Waals surface area contributed by atoms with Crippen LogP contribution >= 0.6 is 0 Å². The van der Waals surface area contributed by atoms with E-state index < -0.39 is 5.97 Å². The van der Waals surface area contributed by atoms with E-state index in [1.807, 2.05) is 30.3 Å². The summed E-state index contributed by atoms with van der Waals surface area (Å²) in [7, 11) is 0. The predicted molar refractivity (Wildman–Crippen MR) is 111 cm³/mol.